The first-order valence-electron chi connectivity index (χ1n) is 9.60. The molecule has 3 aliphatic rings. The molecule has 0 aromatic rings. The third-order valence-corrected chi connectivity index (χ3v) is 7.08. The van der Waals surface area contributed by atoms with Gasteiger partial charge in [-0.2, -0.15) is 11.8 Å². The van der Waals surface area contributed by atoms with Crippen LogP contribution in [-0.4, -0.2) is 85.9 Å². The van der Waals surface area contributed by atoms with Gasteiger partial charge in [0, 0.05) is 56.4 Å². The molecular weight excluding hydrogens is 306 g/mol. The van der Waals surface area contributed by atoms with Crippen LogP contribution in [0.5, 0.6) is 0 Å². The van der Waals surface area contributed by atoms with Crippen molar-refractivity contribution in [2.24, 2.45) is 0 Å². The van der Waals surface area contributed by atoms with E-state index < -0.39 is 0 Å². The number of methoxy groups -OCH3 is 1. The van der Waals surface area contributed by atoms with Crippen molar-refractivity contribution < 1.29 is 4.74 Å². The standard InChI is InChI=1S/C18H35N3OS/c1-22-13-10-20-8-4-17(5-9-20)19-16-18(6-2-3-7-18)21-11-14-23-15-12-21/h17,19H,2-16H2,1H3. The number of hydrogen-bond acceptors (Lipinski definition) is 5. The highest BCUT2D eigenvalue weighted by molar-refractivity contribution is 7.99. The fourth-order valence-electron chi connectivity index (χ4n) is 4.59. The van der Waals surface area contributed by atoms with Crippen LogP contribution in [-0.2, 0) is 4.74 Å². The first-order chi connectivity index (χ1) is 11.3. The second-order valence-electron chi connectivity index (χ2n) is 7.52. The first kappa shape index (κ1) is 18.0. The SMILES string of the molecule is COCCN1CCC(NCC2(N3CCSCC3)CCCC2)CC1. The highest BCUT2D eigenvalue weighted by Crippen LogP contribution is 2.36. The van der Waals surface area contributed by atoms with E-state index in [1.165, 1.54) is 82.8 Å². The van der Waals surface area contributed by atoms with Gasteiger partial charge >= 0.3 is 0 Å². The molecule has 134 valence electrons. The van der Waals surface area contributed by atoms with Crippen molar-refractivity contribution in [2.75, 3.05) is 64.5 Å². The van der Waals surface area contributed by atoms with Gasteiger partial charge in [-0.3, -0.25) is 4.90 Å². The largest absolute Gasteiger partial charge is 0.383 e. The van der Waals surface area contributed by atoms with E-state index in [2.05, 4.69) is 26.9 Å². The Morgan fingerprint density at radius 2 is 1.78 bits per heavy atom. The molecule has 3 rings (SSSR count). The monoisotopic (exact) mass is 341 g/mol. The summed E-state index contributed by atoms with van der Waals surface area (Å²) in [5.41, 5.74) is 0.480. The van der Waals surface area contributed by atoms with Crippen LogP contribution in [0.25, 0.3) is 0 Å². The van der Waals surface area contributed by atoms with Gasteiger partial charge in [0.15, 0.2) is 0 Å². The molecule has 3 fully saturated rings. The number of hydrogen-bond donors (Lipinski definition) is 1. The normalized spacial score (nSPS) is 27.5. The Hall–Kier alpha value is 0.190. The summed E-state index contributed by atoms with van der Waals surface area (Å²) in [5.74, 6) is 2.67. The van der Waals surface area contributed by atoms with Crippen LogP contribution in [0.1, 0.15) is 38.5 Å². The molecule has 4 nitrogen and oxygen atoms in total. The van der Waals surface area contributed by atoms with Gasteiger partial charge < -0.3 is 15.0 Å². The minimum Gasteiger partial charge on any atom is -0.383 e. The molecule has 23 heavy (non-hydrogen) atoms. The summed E-state index contributed by atoms with van der Waals surface area (Å²) in [6, 6.07) is 0.727. The molecule has 0 spiro atoms. The number of likely N-dealkylation sites (tertiary alicyclic amines) is 1. The Morgan fingerprint density at radius 1 is 1.09 bits per heavy atom. The molecule has 0 atom stereocenters. The number of nitrogens with zero attached hydrogens (tertiary/aromatic N) is 2. The third-order valence-electron chi connectivity index (χ3n) is 6.14. The number of ether oxygens (including phenoxy) is 1. The van der Waals surface area contributed by atoms with Crippen molar-refractivity contribution in [1.82, 2.24) is 15.1 Å². The lowest BCUT2D eigenvalue weighted by molar-refractivity contribution is 0.0895. The van der Waals surface area contributed by atoms with Crippen molar-refractivity contribution in [1.29, 1.82) is 0 Å². The topological polar surface area (TPSA) is 27.7 Å². The summed E-state index contributed by atoms with van der Waals surface area (Å²) in [7, 11) is 1.80. The highest BCUT2D eigenvalue weighted by Gasteiger charge is 2.40. The second kappa shape index (κ2) is 9.04. The van der Waals surface area contributed by atoms with Crippen LogP contribution in [0.2, 0.25) is 0 Å². The van der Waals surface area contributed by atoms with Gasteiger partial charge in [0.25, 0.3) is 0 Å². The van der Waals surface area contributed by atoms with Gasteiger partial charge in [0.1, 0.15) is 0 Å². The van der Waals surface area contributed by atoms with Crippen molar-refractivity contribution in [2.45, 2.75) is 50.1 Å². The van der Waals surface area contributed by atoms with Crippen LogP contribution >= 0.6 is 11.8 Å². The average Bonchev–Trinajstić information content (AvgIpc) is 3.10. The summed E-state index contributed by atoms with van der Waals surface area (Å²) in [6.45, 7) is 8.26. The Morgan fingerprint density at radius 3 is 2.43 bits per heavy atom. The van der Waals surface area contributed by atoms with Crippen molar-refractivity contribution in [3.05, 3.63) is 0 Å². The second-order valence-corrected chi connectivity index (χ2v) is 8.75. The molecule has 1 N–H and O–H groups in total. The molecule has 1 aliphatic carbocycles. The van der Waals surface area contributed by atoms with Crippen LogP contribution in [0.4, 0.5) is 0 Å². The Labute approximate surface area is 146 Å². The summed E-state index contributed by atoms with van der Waals surface area (Å²) in [4.78, 5) is 5.38. The van der Waals surface area contributed by atoms with Gasteiger partial charge in [-0.15, -0.1) is 0 Å². The van der Waals surface area contributed by atoms with Gasteiger partial charge in [-0.1, -0.05) is 12.8 Å². The van der Waals surface area contributed by atoms with Crippen LogP contribution in [0.15, 0.2) is 0 Å². The molecule has 0 radical (unpaired) electrons. The van der Waals surface area contributed by atoms with Crippen LogP contribution in [0, 0.1) is 0 Å². The van der Waals surface area contributed by atoms with E-state index in [-0.39, 0.29) is 0 Å². The average molecular weight is 342 g/mol. The van der Waals surface area contributed by atoms with E-state index in [0.29, 0.717) is 5.54 Å². The predicted octanol–water partition coefficient (Wildman–Crippen LogP) is 2.05. The number of rotatable bonds is 7. The highest BCUT2D eigenvalue weighted by atomic mass is 32.2. The molecular formula is C18H35N3OS. The number of piperidine rings is 1. The summed E-state index contributed by atoms with van der Waals surface area (Å²) >= 11 is 2.13. The van der Waals surface area contributed by atoms with Crippen molar-refractivity contribution in [3.8, 4) is 0 Å². The quantitative estimate of drug-likeness (QED) is 0.765. The molecule has 2 aliphatic heterocycles. The first-order valence-corrected chi connectivity index (χ1v) is 10.8. The fraction of sp³-hybridized carbons (Fsp3) is 1.00. The molecule has 0 aromatic carbocycles. The van der Waals surface area contributed by atoms with Gasteiger partial charge in [0.05, 0.1) is 6.61 Å². The lowest BCUT2D eigenvalue weighted by atomic mass is 9.93. The Bertz CT molecular complexity index is 335. The summed E-state index contributed by atoms with van der Waals surface area (Å²) in [5, 5.41) is 3.97. The zero-order valence-corrected chi connectivity index (χ0v) is 15.7. The zero-order valence-electron chi connectivity index (χ0n) is 14.9. The fourth-order valence-corrected chi connectivity index (χ4v) is 5.49. The van der Waals surface area contributed by atoms with Crippen molar-refractivity contribution >= 4 is 11.8 Å². The molecule has 0 bridgehead atoms. The zero-order chi connectivity index (χ0) is 16.0. The minimum absolute atomic E-state index is 0.480. The van der Waals surface area contributed by atoms with Gasteiger partial charge in [-0.05, 0) is 38.8 Å². The van der Waals surface area contributed by atoms with Gasteiger partial charge in [0.2, 0.25) is 0 Å². The summed E-state index contributed by atoms with van der Waals surface area (Å²) < 4.78 is 5.20. The Balaban J connectivity index is 1.44. The number of thioether (sulfide) groups is 1. The number of nitrogens with one attached hydrogen (secondary N) is 1. The van der Waals surface area contributed by atoms with E-state index in [9.17, 15) is 0 Å². The van der Waals surface area contributed by atoms with Gasteiger partial charge in [-0.25, -0.2) is 0 Å². The lowest BCUT2D eigenvalue weighted by Crippen LogP contribution is -2.57. The van der Waals surface area contributed by atoms with E-state index in [1.54, 1.807) is 7.11 Å². The van der Waals surface area contributed by atoms with Crippen LogP contribution < -0.4 is 5.32 Å². The van der Waals surface area contributed by atoms with E-state index >= 15 is 0 Å². The molecule has 2 saturated heterocycles. The smallest absolute Gasteiger partial charge is 0.0589 e. The molecule has 0 aromatic heterocycles. The van der Waals surface area contributed by atoms with Crippen molar-refractivity contribution in [3.63, 3.8) is 0 Å². The summed E-state index contributed by atoms with van der Waals surface area (Å²) in [6.07, 6.45) is 8.29. The van der Waals surface area contributed by atoms with E-state index in [1.807, 2.05) is 0 Å². The molecule has 2 heterocycles. The molecule has 0 unspecified atom stereocenters. The van der Waals surface area contributed by atoms with E-state index in [0.717, 1.165) is 19.2 Å². The maximum absolute atomic E-state index is 5.20. The molecule has 5 heteroatoms. The molecule has 0 amide bonds. The van der Waals surface area contributed by atoms with Crippen LogP contribution in [0.3, 0.4) is 0 Å². The third kappa shape index (κ3) is 4.85. The minimum atomic E-state index is 0.480. The molecule has 1 saturated carbocycles. The van der Waals surface area contributed by atoms with E-state index in [4.69, 9.17) is 4.74 Å². The lowest BCUT2D eigenvalue weighted by Gasteiger charge is -2.45. The predicted molar refractivity (Wildman–Crippen MR) is 99.4 cm³/mol. The maximum Gasteiger partial charge on any atom is 0.0589 e. The Kier molecular flexibility index (Phi) is 7.08. The maximum atomic E-state index is 5.20.